The summed E-state index contributed by atoms with van der Waals surface area (Å²) in [5, 5.41) is 3.41. The van der Waals surface area contributed by atoms with Gasteiger partial charge < -0.3 is 10.1 Å². The highest BCUT2D eigenvalue weighted by Gasteiger charge is 2.09. The van der Waals surface area contributed by atoms with Crippen molar-refractivity contribution < 1.29 is 9.53 Å². The predicted molar refractivity (Wildman–Crippen MR) is 102 cm³/mol. The molecular weight excluding hydrogens is 336 g/mol. The van der Waals surface area contributed by atoms with Gasteiger partial charge >= 0.3 is 0 Å². The van der Waals surface area contributed by atoms with Gasteiger partial charge in [0.2, 0.25) is 0 Å². The number of para-hydroxylation sites is 1. The van der Waals surface area contributed by atoms with Crippen LogP contribution in [0, 0.1) is 0 Å². The topological polar surface area (TPSA) is 41.6 Å². The van der Waals surface area contributed by atoms with Crippen LogP contribution in [0.15, 0.2) is 48.5 Å². The Labute approximate surface area is 154 Å². The number of benzene rings is 2. The van der Waals surface area contributed by atoms with Crippen molar-refractivity contribution in [1.82, 2.24) is 10.2 Å². The van der Waals surface area contributed by atoms with Crippen molar-refractivity contribution in [1.29, 1.82) is 0 Å². The van der Waals surface area contributed by atoms with Gasteiger partial charge in [-0.3, -0.25) is 9.69 Å². The number of hydrogen-bond donors (Lipinski definition) is 1. The highest BCUT2D eigenvalue weighted by molar-refractivity contribution is 6.32. The standard InChI is InChI=1S/C20H25ClN2O2/c1-3-23(4-2)14-17-10-6-5-9-16(17)13-22-20(24)15-25-19-12-8-7-11-18(19)21/h5-12H,3-4,13-15H2,1-2H3,(H,22,24). The molecule has 0 atom stereocenters. The van der Waals surface area contributed by atoms with E-state index in [4.69, 9.17) is 16.3 Å². The highest BCUT2D eigenvalue weighted by Crippen LogP contribution is 2.22. The highest BCUT2D eigenvalue weighted by atomic mass is 35.5. The number of carbonyl (C=O) groups is 1. The van der Waals surface area contributed by atoms with Crippen molar-refractivity contribution >= 4 is 17.5 Å². The van der Waals surface area contributed by atoms with Gasteiger partial charge in [0, 0.05) is 13.1 Å². The van der Waals surface area contributed by atoms with E-state index in [1.54, 1.807) is 12.1 Å². The lowest BCUT2D eigenvalue weighted by Crippen LogP contribution is -2.29. The Morgan fingerprint density at radius 3 is 2.36 bits per heavy atom. The second-order valence-electron chi connectivity index (χ2n) is 5.73. The second kappa shape index (κ2) is 10.1. The van der Waals surface area contributed by atoms with E-state index in [9.17, 15) is 4.79 Å². The molecule has 134 valence electrons. The molecule has 5 heteroatoms. The molecular formula is C20H25ClN2O2. The molecule has 0 fully saturated rings. The summed E-state index contributed by atoms with van der Waals surface area (Å²) in [6, 6.07) is 15.3. The number of nitrogens with one attached hydrogen (secondary N) is 1. The Hall–Kier alpha value is -2.04. The SMILES string of the molecule is CCN(CC)Cc1ccccc1CNC(=O)COc1ccccc1Cl. The van der Waals surface area contributed by atoms with Crippen molar-refractivity contribution in [3.8, 4) is 5.75 Å². The number of nitrogens with zero attached hydrogens (tertiary/aromatic N) is 1. The molecule has 25 heavy (non-hydrogen) atoms. The van der Waals surface area contributed by atoms with Crippen molar-refractivity contribution in [2.24, 2.45) is 0 Å². The van der Waals surface area contributed by atoms with Gasteiger partial charge in [-0.15, -0.1) is 0 Å². The molecule has 1 amide bonds. The van der Waals surface area contributed by atoms with Gasteiger partial charge in [0.1, 0.15) is 5.75 Å². The van der Waals surface area contributed by atoms with Gasteiger partial charge in [-0.1, -0.05) is 61.8 Å². The molecule has 2 aromatic carbocycles. The predicted octanol–water partition coefficient (Wildman–Crippen LogP) is 3.88. The molecule has 0 saturated heterocycles. The summed E-state index contributed by atoms with van der Waals surface area (Å²) < 4.78 is 5.46. The lowest BCUT2D eigenvalue weighted by Gasteiger charge is -2.20. The molecule has 0 heterocycles. The van der Waals surface area contributed by atoms with Gasteiger partial charge in [-0.05, 0) is 36.3 Å². The minimum Gasteiger partial charge on any atom is -0.482 e. The number of amides is 1. The number of ether oxygens (including phenoxy) is 1. The van der Waals surface area contributed by atoms with Crippen LogP contribution >= 0.6 is 11.6 Å². The third-order valence-corrected chi connectivity index (χ3v) is 4.39. The Morgan fingerprint density at radius 2 is 1.68 bits per heavy atom. The summed E-state index contributed by atoms with van der Waals surface area (Å²) in [5.74, 6) is 0.346. The lowest BCUT2D eigenvalue weighted by molar-refractivity contribution is -0.123. The van der Waals surface area contributed by atoms with E-state index in [0.29, 0.717) is 17.3 Å². The molecule has 0 aliphatic carbocycles. The fourth-order valence-electron chi connectivity index (χ4n) is 2.52. The lowest BCUT2D eigenvalue weighted by atomic mass is 10.1. The molecule has 0 bridgehead atoms. The Bertz CT molecular complexity index is 687. The average molecular weight is 361 g/mol. The van der Waals surface area contributed by atoms with Crippen LogP contribution < -0.4 is 10.1 Å². The van der Waals surface area contributed by atoms with Gasteiger partial charge in [-0.2, -0.15) is 0 Å². The summed E-state index contributed by atoms with van der Waals surface area (Å²) in [4.78, 5) is 14.4. The van der Waals surface area contributed by atoms with E-state index in [-0.39, 0.29) is 12.5 Å². The van der Waals surface area contributed by atoms with Crippen LogP contribution in [0.2, 0.25) is 5.02 Å². The van der Waals surface area contributed by atoms with E-state index >= 15 is 0 Å². The van der Waals surface area contributed by atoms with Crippen molar-refractivity contribution in [2.75, 3.05) is 19.7 Å². The van der Waals surface area contributed by atoms with Gasteiger partial charge in [0.05, 0.1) is 5.02 Å². The first kappa shape index (κ1) is 19.3. The first-order valence-corrected chi connectivity index (χ1v) is 8.95. The van der Waals surface area contributed by atoms with Crippen LogP contribution in [-0.4, -0.2) is 30.5 Å². The monoisotopic (exact) mass is 360 g/mol. The van der Waals surface area contributed by atoms with Crippen LogP contribution in [0.4, 0.5) is 0 Å². The first-order chi connectivity index (χ1) is 12.1. The normalized spacial score (nSPS) is 10.7. The van der Waals surface area contributed by atoms with Gasteiger partial charge in [0.25, 0.3) is 5.91 Å². The van der Waals surface area contributed by atoms with Crippen molar-refractivity contribution in [3.05, 3.63) is 64.7 Å². The minimum absolute atomic E-state index is 0.0536. The largest absolute Gasteiger partial charge is 0.482 e. The van der Waals surface area contributed by atoms with E-state index in [2.05, 4.69) is 30.1 Å². The zero-order chi connectivity index (χ0) is 18.1. The summed E-state index contributed by atoms with van der Waals surface area (Å²) in [5.41, 5.74) is 2.36. The maximum absolute atomic E-state index is 12.1. The van der Waals surface area contributed by atoms with Gasteiger partial charge in [0.15, 0.2) is 6.61 Å². The molecule has 0 saturated carbocycles. The quantitative estimate of drug-likeness (QED) is 0.738. The Morgan fingerprint density at radius 1 is 1.04 bits per heavy atom. The summed E-state index contributed by atoms with van der Waals surface area (Å²) in [6.45, 7) is 7.63. The fraction of sp³-hybridized carbons (Fsp3) is 0.350. The molecule has 2 rings (SSSR count). The molecule has 0 unspecified atom stereocenters. The van der Waals surface area contributed by atoms with E-state index in [1.807, 2.05) is 30.3 Å². The number of carbonyl (C=O) groups excluding carboxylic acids is 1. The first-order valence-electron chi connectivity index (χ1n) is 8.57. The summed E-state index contributed by atoms with van der Waals surface area (Å²) in [7, 11) is 0. The van der Waals surface area contributed by atoms with E-state index in [0.717, 1.165) is 25.2 Å². The Balaban J connectivity index is 1.88. The van der Waals surface area contributed by atoms with Crippen LogP contribution in [-0.2, 0) is 17.9 Å². The van der Waals surface area contributed by atoms with Crippen LogP contribution in [0.3, 0.4) is 0 Å². The summed E-state index contributed by atoms with van der Waals surface area (Å²) >= 11 is 6.02. The number of halogens is 1. The molecule has 0 radical (unpaired) electrons. The van der Waals surface area contributed by atoms with Gasteiger partial charge in [-0.25, -0.2) is 0 Å². The van der Waals surface area contributed by atoms with E-state index < -0.39 is 0 Å². The zero-order valence-electron chi connectivity index (χ0n) is 14.8. The Kier molecular flexibility index (Phi) is 7.76. The molecule has 0 aliphatic rings. The molecule has 0 spiro atoms. The van der Waals surface area contributed by atoms with Crippen LogP contribution in [0.5, 0.6) is 5.75 Å². The third-order valence-electron chi connectivity index (χ3n) is 4.08. The fourth-order valence-corrected chi connectivity index (χ4v) is 2.71. The maximum atomic E-state index is 12.1. The van der Waals surface area contributed by atoms with E-state index in [1.165, 1.54) is 5.56 Å². The molecule has 2 aromatic rings. The molecule has 0 aliphatic heterocycles. The second-order valence-corrected chi connectivity index (χ2v) is 6.13. The van der Waals surface area contributed by atoms with Crippen molar-refractivity contribution in [2.45, 2.75) is 26.9 Å². The molecule has 4 nitrogen and oxygen atoms in total. The van der Waals surface area contributed by atoms with Crippen LogP contribution in [0.25, 0.3) is 0 Å². The zero-order valence-corrected chi connectivity index (χ0v) is 15.6. The number of hydrogen-bond acceptors (Lipinski definition) is 3. The third kappa shape index (κ3) is 6.07. The minimum atomic E-state index is -0.169. The average Bonchev–Trinajstić information content (AvgIpc) is 2.64. The maximum Gasteiger partial charge on any atom is 0.258 e. The molecule has 0 aromatic heterocycles. The van der Waals surface area contributed by atoms with Crippen molar-refractivity contribution in [3.63, 3.8) is 0 Å². The smallest absolute Gasteiger partial charge is 0.258 e. The number of rotatable bonds is 9. The summed E-state index contributed by atoms with van der Waals surface area (Å²) in [6.07, 6.45) is 0. The van der Waals surface area contributed by atoms with Crippen LogP contribution in [0.1, 0.15) is 25.0 Å². The molecule has 1 N–H and O–H groups in total.